The highest BCUT2D eigenvalue weighted by atomic mass is 16.1. The molecule has 0 amide bonds. The van der Waals surface area contributed by atoms with Gasteiger partial charge < -0.3 is 4.57 Å². The summed E-state index contributed by atoms with van der Waals surface area (Å²) in [6, 6.07) is 0. The van der Waals surface area contributed by atoms with Crippen LogP contribution < -0.4 is 0 Å². The van der Waals surface area contributed by atoms with Crippen LogP contribution in [0.4, 0.5) is 0 Å². The van der Waals surface area contributed by atoms with Gasteiger partial charge in [-0.2, -0.15) is 0 Å². The van der Waals surface area contributed by atoms with Crippen molar-refractivity contribution < 1.29 is 4.79 Å². The average Bonchev–Trinajstić information content (AvgIpc) is 2.87. The van der Waals surface area contributed by atoms with Crippen LogP contribution in [0.5, 0.6) is 0 Å². The molecule has 0 bridgehead atoms. The molecule has 0 aliphatic carbocycles. The summed E-state index contributed by atoms with van der Waals surface area (Å²) in [6.45, 7) is 3.49. The molecule has 0 saturated carbocycles. The summed E-state index contributed by atoms with van der Waals surface area (Å²) in [7, 11) is 0. The highest BCUT2D eigenvalue weighted by Crippen LogP contribution is 2.01. The van der Waals surface area contributed by atoms with Gasteiger partial charge in [0.05, 0.1) is 31.0 Å². The molecule has 2 aromatic heterocycles. The highest BCUT2D eigenvalue weighted by molar-refractivity contribution is 5.70. The van der Waals surface area contributed by atoms with E-state index in [2.05, 4.69) is 15.3 Å². The zero-order valence-electron chi connectivity index (χ0n) is 8.37. The molecule has 6 nitrogen and oxygen atoms in total. The summed E-state index contributed by atoms with van der Waals surface area (Å²) in [5.41, 5.74) is 1.39. The second-order valence-corrected chi connectivity index (χ2v) is 3.13. The fourth-order valence-electron chi connectivity index (χ4n) is 1.38. The van der Waals surface area contributed by atoms with E-state index < -0.39 is 0 Å². The fourth-order valence-corrected chi connectivity index (χ4v) is 1.38. The second kappa shape index (κ2) is 4.04. The van der Waals surface area contributed by atoms with Gasteiger partial charge in [-0.15, -0.1) is 5.10 Å². The summed E-state index contributed by atoms with van der Waals surface area (Å²) >= 11 is 0. The number of carbonyl (C=O) groups is 1. The Bertz CT molecular complexity index is 459. The van der Waals surface area contributed by atoms with Crippen molar-refractivity contribution in [1.29, 1.82) is 0 Å². The van der Waals surface area contributed by atoms with Crippen LogP contribution in [-0.4, -0.2) is 30.8 Å². The summed E-state index contributed by atoms with van der Waals surface area (Å²) in [4.78, 5) is 14.5. The van der Waals surface area contributed by atoms with Crippen molar-refractivity contribution in [3.8, 4) is 0 Å². The first kappa shape index (κ1) is 9.57. The molecule has 0 aliphatic heterocycles. The number of nitrogens with zero attached hydrogens (tertiary/aromatic N) is 5. The standard InChI is InChI=1S/C9H11N5O/c1-2-13-7-10-3-9(13)5-14-4-8(6-15)11-12-14/h3-4,6-7H,2,5H2,1H3. The van der Waals surface area contributed by atoms with Crippen LogP contribution in [0.25, 0.3) is 0 Å². The Kier molecular flexibility index (Phi) is 2.57. The topological polar surface area (TPSA) is 65.6 Å². The first-order chi connectivity index (χ1) is 7.33. The molecule has 0 atom stereocenters. The Hall–Kier alpha value is -1.98. The minimum atomic E-state index is 0.345. The van der Waals surface area contributed by atoms with Crippen LogP contribution in [0.2, 0.25) is 0 Å². The largest absolute Gasteiger partial charge is 0.333 e. The highest BCUT2D eigenvalue weighted by Gasteiger charge is 2.03. The summed E-state index contributed by atoms with van der Waals surface area (Å²) in [6.07, 6.45) is 5.85. The molecule has 6 heteroatoms. The number of carbonyl (C=O) groups excluding carboxylic acids is 1. The lowest BCUT2D eigenvalue weighted by molar-refractivity contribution is 0.111. The molecular formula is C9H11N5O. The zero-order chi connectivity index (χ0) is 10.7. The van der Waals surface area contributed by atoms with Gasteiger partial charge in [0.1, 0.15) is 5.69 Å². The quantitative estimate of drug-likeness (QED) is 0.676. The molecule has 78 valence electrons. The van der Waals surface area contributed by atoms with Crippen molar-refractivity contribution >= 4 is 6.29 Å². The van der Waals surface area contributed by atoms with Gasteiger partial charge in [0, 0.05) is 6.54 Å². The Morgan fingerprint density at radius 2 is 2.40 bits per heavy atom. The van der Waals surface area contributed by atoms with E-state index in [9.17, 15) is 4.79 Å². The first-order valence-electron chi connectivity index (χ1n) is 4.67. The maximum atomic E-state index is 10.4. The number of aromatic nitrogens is 5. The van der Waals surface area contributed by atoms with E-state index in [-0.39, 0.29) is 0 Å². The maximum absolute atomic E-state index is 10.4. The monoisotopic (exact) mass is 205 g/mol. The number of aryl methyl sites for hydroxylation is 1. The summed E-state index contributed by atoms with van der Waals surface area (Å²) < 4.78 is 3.63. The normalized spacial score (nSPS) is 10.5. The van der Waals surface area contributed by atoms with Crippen LogP contribution in [0.3, 0.4) is 0 Å². The molecule has 2 aromatic rings. The van der Waals surface area contributed by atoms with Crippen LogP contribution in [0, 0.1) is 0 Å². The third-order valence-corrected chi connectivity index (χ3v) is 2.14. The molecule has 0 aromatic carbocycles. The molecule has 0 N–H and O–H groups in total. The summed E-state index contributed by atoms with van der Waals surface area (Å²) in [5.74, 6) is 0. The van der Waals surface area contributed by atoms with Gasteiger partial charge in [0.25, 0.3) is 0 Å². The Morgan fingerprint density at radius 1 is 1.53 bits per heavy atom. The molecule has 0 aliphatic rings. The van der Waals surface area contributed by atoms with E-state index in [0.717, 1.165) is 12.2 Å². The molecule has 0 fully saturated rings. The van der Waals surface area contributed by atoms with Gasteiger partial charge >= 0.3 is 0 Å². The summed E-state index contributed by atoms with van der Waals surface area (Å²) in [5, 5.41) is 7.52. The van der Waals surface area contributed by atoms with Crippen LogP contribution >= 0.6 is 0 Å². The van der Waals surface area contributed by atoms with Crippen molar-refractivity contribution in [3.63, 3.8) is 0 Å². The van der Waals surface area contributed by atoms with E-state index in [1.807, 2.05) is 11.5 Å². The molecular weight excluding hydrogens is 194 g/mol. The van der Waals surface area contributed by atoms with E-state index in [4.69, 9.17) is 0 Å². The molecule has 0 spiro atoms. The molecule has 0 unspecified atom stereocenters. The predicted octanol–water partition coefficient (Wildman–Crippen LogP) is 0.355. The van der Waals surface area contributed by atoms with E-state index in [1.54, 1.807) is 23.4 Å². The predicted molar refractivity (Wildman–Crippen MR) is 52.4 cm³/mol. The first-order valence-corrected chi connectivity index (χ1v) is 4.67. The van der Waals surface area contributed by atoms with E-state index in [0.29, 0.717) is 18.5 Å². The van der Waals surface area contributed by atoms with Crippen molar-refractivity contribution in [2.75, 3.05) is 0 Å². The van der Waals surface area contributed by atoms with Gasteiger partial charge in [-0.25, -0.2) is 9.67 Å². The Labute approximate surface area is 86.5 Å². The third kappa shape index (κ3) is 1.93. The van der Waals surface area contributed by atoms with Gasteiger partial charge in [0.15, 0.2) is 6.29 Å². The van der Waals surface area contributed by atoms with E-state index in [1.165, 1.54) is 0 Å². The molecule has 0 saturated heterocycles. The zero-order valence-corrected chi connectivity index (χ0v) is 8.37. The number of imidazole rings is 1. The number of rotatable bonds is 4. The van der Waals surface area contributed by atoms with Crippen molar-refractivity contribution in [3.05, 3.63) is 30.1 Å². The van der Waals surface area contributed by atoms with Gasteiger partial charge in [-0.1, -0.05) is 5.21 Å². The molecule has 0 radical (unpaired) electrons. The number of aldehydes is 1. The number of hydrogen-bond acceptors (Lipinski definition) is 4. The lowest BCUT2D eigenvalue weighted by Gasteiger charge is -2.03. The van der Waals surface area contributed by atoms with Gasteiger partial charge in [-0.05, 0) is 6.92 Å². The Balaban J connectivity index is 2.17. The molecule has 2 heterocycles. The van der Waals surface area contributed by atoms with Crippen LogP contribution in [0.1, 0.15) is 23.1 Å². The van der Waals surface area contributed by atoms with Gasteiger partial charge in [-0.3, -0.25) is 4.79 Å². The second-order valence-electron chi connectivity index (χ2n) is 3.13. The minimum Gasteiger partial charge on any atom is -0.333 e. The third-order valence-electron chi connectivity index (χ3n) is 2.14. The average molecular weight is 205 g/mol. The molecule has 15 heavy (non-hydrogen) atoms. The maximum Gasteiger partial charge on any atom is 0.171 e. The Morgan fingerprint density at radius 3 is 3.07 bits per heavy atom. The van der Waals surface area contributed by atoms with Gasteiger partial charge in [0.2, 0.25) is 0 Å². The van der Waals surface area contributed by atoms with Crippen molar-refractivity contribution in [2.45, 2.75) is 20.0 Å². The lowest BCUT2D eigenvalue weighted by Crippen LogP contribution is -2.06. The van der Waals surface area contributed by atoms with Crippen molar-refractivity contribution in [2.24, 2.45) is 0 Å². The molecule has 2 rings (SSSR count). The minimum absolute atomic E-state index is 0.345. The van der Waals surface area contributed by atoms with Crippen molar-refractivity contribution in [1.82, 2.24) is 24.5 Å². The number of hydrogen-bond donors (Lipinski definition) is 0. The van der Waals surface area contributed by atoms with Crippen LogP contribution in [0.15, 0.2) is 18.7 Å². The SMILES string of the molecule is CCn1cncc1Cn1cc(C=O)nn1. The lowest BCUT2D eigenvalue weighted by atomic mass is 10.4. The smallest absolute Gasteiger partial charge is 0.171 e. The van der Waals surface area contributed by atoms with E-state index >= 15 is 0 Å². The van der Waals surface area contributed by atoms with Crippen LogP contribution in [-0.2, 0) is 13.1 Å². The fraction of sp³-hybridized carbons (Fsp3) is 0.333.